The van der Waals surface area contributed by atoms with Crippen LogP contribution in [0.4, 0.5) is 0 Å². The van der Waals surface area contributed by atoms with E-state index in [9.17, 15) is 9.59 Å². The Morgan fingerprint density at radius 3 is 2.72 bits per heavy atom. The van der Waals surface area contributed by atoms with Gasteiger partial charge in [-0.2, -0.15) is 0 Å². The summed E-state index contributed by atoms with van der Waals surface area (Å²) in [4.78, 5) is 23.9. The van der Waals surface area contributed by atoms with Crippen molar-refractivity contribution < 1.29 is 19.1 Å². The van der Waals surface area contributed by atoms with Crippen molar-refractivity contribution in [1.29, 1.82) is 0 Å². The molecule has 0 aromatic rings. The van der Waals surface area contributed by atoms with Crippen molar-refractivity contribution in [3.63, 3.8) is 0 Å². The van der Waals surface area contributed by atoms with Gasteiger partial charge in [0.1, 0.15) is 17.5 Å². The summed E-state index contributed by atoms with van der Waals surface area (Å²) in [5, 5.41) is 0. The minimum absolute atomic E-state index is 0.0223. The summed E-state index contributed by atoms with van der Waals surface area (Å²) in [5.74, 6) is 2.19. The highest BCUT2D eigenvalue weighted by molar-refractivity contribution is 5.87. The summed E-state index contributed by atoms with van der Waals surface area (Å²) >= 11 is 0. The Labute approximate surface area is 150 Å². The van der Waals surface area contributed by atoms with Crippen LogP contribution in [0.25, 0.3) is 0 Å². The van der Waals surface area contributed by atoms with Crippen molar-refractivity contribution in [1.82, 2.24) is 0 Å². The molecular formula is C21H30O4. The first-order valence-electron chi connectivity index (χ1n) is 10.2. The molecule has 0 amide bonds. The van der Waals surface area contributed by atoms with Crippen LogP contribution in [-0.4, -0.2) is 29.6 Å². The Morgan fingerprint density at radius 1 is 1.16 bits per heavy atom. The van der Waals surface area contributed by atoms with E-state index in [1.807, 2.05) is 0 Å². The molecule has 4 nitrogen and oxygen atoms in total. The highest BCUT2D eigenvalue weighted by Crippen LogP contribution is 2.73. The fraction of sp³-hybridized carbons (Fsp3) is 0.905. The van der Waals surface area contributed by atoms with E-state index in [1.54, 1.807) is 0 Å². The molecule has 4 heteroatoms. The van der Waals surface area contributed by atoms with Crippen molar-refractivity contribution in [2.24, 2.45) is 28.6 Å². The van der Waals surface area contributed by atoms with E-state index < -0.39 is 0 Å². The van der Waals surface area contributed by atoms with Gasteiger partial charge < -0.3 is 9.47 Å². The van der Waals surface area contributed by atoms with Crippen LogP contribution in [0.1, 0.15) is 72.1 Å². The largest absolute Gasteiger partial charge is 0.462 e. The van der Waals surface area contributed by atoms with E-state index in [2.05, 4.69) is 13.8 Å². The molecule has 0 unspecified atom stereocenters. The van der Waals surface area contributed by atoms with Crippen molar-refractivity contribution in [2.75, 3.05) is 0 Å². The van der Waals surface area contributed by atoms with Gasteiger partial charge in [0.15, 0.2) is 0 Å². The van der Waals surface area contributed by atoms with E-state index in [0.29, 0.717) is 29.6 Å². The van der Waals surface area contributed by atoms with Gasteiger partial charge in [-0.15, -0.1) is 0 Å². The van der Waals surface area contributed by atoms with Gasteiger partial charge in [0.05, 0.1) is 6.10 Å². The second kappa shape index (κ2) is 4.88. The average Bonchev–Trinajstić information content (AvgIpc) is 3.15. The van der Waals surface area contributed by atoms with Crippen LogP contribution in [0.15, 0.2) is 0 Å². The standard InChI is InChI=1S/C21H30O4/c1-12(22)24-13-6-9-20(3)16-7-8-19(2)15(4-5-17(19)23)14(16)10-18-21(20,11-13)25-18/h13-16,18H,4-11H2,1-3H3/t13-,14-,15+,16+,18-,19-,20+,21-/m0/s1. The second-order valence-corrected chi connectivity index (χ2v) is 9.92. The first-order chi connectivity index (χ1) is 11.8. The number of ketones is 1. The Bertz CT molecular complexity index is 644. The maximum absolute atomic E-state index is 12.5. The maximum atomic E-state index is 12.5. The number of carbonyl (C=O) groups is 2. The Morgan fingerprint density at radius 2 is 1.96 bits per heavy atom. The molecule has 4 aliphatic carbocycles. The number of ether oxygens (including phenoxy) is 2. The molecule has 0 aromatic carbocycles. The normalized spacial score (nSPS) is 56.3. The van der Waals surface area contributed by atoms with Crippen molar-refractivity contribution in [3.8, 4) is 0 Å². The number of fused-ring (bicyclic) bond motifs is 4. The first-order valence-corrected chi connectivity index (χ1v) is 10.2. The zero-order chi connectivity index (χ0) is 17.6. The third-order valence-corrected chi connectivity index (χ3v) is 9.08. The van der Waals surface area contributed by atoms with Crippen LogP contribution in [0.3, 0.4) is 0 Å². The Hall–Kier alpha value is -0.900. The highest BCUT2D eigenvalue weighted by atomic mass is 16.6. The molecule has 8 atom stereocenters. The molecule has 0 bridgehead atoms. The van der Waals surface area contributed by atoms with Crippen LogP contribution in [0, 0.1) is 28.6 Å². The minimum atomic E-state index is -0.172. The lowest BCUT2D eigenvalue weighted by atomic mass is 9.45. The highest BCUT2D eigenvalue weighted by Gasteiger charge is 2.76. The van der Waals surface area contributed by atoms with E-state index in [-0.39, 0.29) is 28.5 Å². The summed E-state index contributed by atoms with van der Waals surface area (Å²) in [6.07, 6.45) is 8.45. The van der Waals surface area contributed by atoms with Gasteiger partial charge in [-0.25, -0.2) is 0 Å². The van der Waals surface area contributed by atoms with Crippen LogP contribution < -0.4 is 0 Å². The molecule has 0 N–H and O–H groups in total. The number of esters is 1. The van der Waals surface area contributed by atoms with Gasteiger partial charge in [0.2, 0.25) is 0 Å². The van der Waals surface area contributed by atoms with Gasteiger partial charge in [-0.1, -0.05) is 13.8 Å². The fourth-order valence-corrected chi connectivity index (χ4v) is 7.75. The smallest absolute Gasteiger partial charge is 0.302 e. The number of epoxide rings is 1. The van der Waals surface area contributed by atoms with Crippen LogP contribution in [0.2, 0.25) is 0 Å². The predicted octanol–water partition coefficient (Wildman–Crippen LogP) is 3.66. The van der Waals surface area contributed by atoms with Crippen LogP contribution in [0.5, 0.6) is 0 Å². The number of rotatable bonds is 1. The van der Waals surface area contributed by atoms with E-state index in [0.717, 1.165) is 51.4 Å². The Balaban J connectivity index is 1.44. The van der Waals surface area contributed by atoms with E-state index in [1.165, 1.54) is 6.92 Å². The van der Waals surface area contributed by atoms with E-state index in [4.69, 9.17) is 9.47 Å². The molecule has 5 fully saturated rings. The van der Waals surface area contributed by atoms with E-state index >= 15 is 0 Å². The summed E-state index contributed by atoms with van der Waals surface area (Å²) in [6, 6.07) is 0. The zero-order valence-electron chi connectivity index (χ0n) is 15.7. The Kier molecular flexibility index (Phi) is 3.18. The molecular weight excluding hydrogens is 316 g/mol. The van der Waals surface area contributed by atoms with Gasteiger partial charge in [0, 0.05) is 30.6 Å². The first kappa shape index (κ1) is 16.3. The molecule has 0 aromatic heterocycles. The lowest BCUT2D eigenvalue weighted by Gasteiger charge is -2.58. The molecule has 5 aliphatic rings. The number of carbonyl (C=O) groups excluding carboxylic acids is 2. The summed E-state index contributed by atoms with van der Waals surface area (Å²) in [6.45, 7) is 6.18. The molecule has 25 heavy (non-hydrogen) atoms. The molecule has 138 valence electrons. The quantitative estimate of drug-likeness (QED) is 0.537. The number of hydrogen-bond acceptors (Lipinski definition) is 4. The van der Waals surface area contributed by atoms with Crippen molar-refractivity contribution >= 4 is 11.8 Å². The molecule has 1 spiro atoms. The minimum Gasteiger partial charge on any atom is -0.462 e. The molecule has 1 heterocycles. The fourth-order valence-electron chi connectivity index (χ4n) is 7.75. The SMILES string of the molecule is CC(=O)O[C@H]1CC[C@]2(C)[C@@H]3CC[C@]4(C)C(=O)CC[C@@H]4[C@@H]3C[C@@H]3O[C@@]32C1. The number of hydrogen-bond donors (Lipinski definition) is 0. The molecule has 4 saturated carbocycles. The van der Waals surface area contributed by atoms with Gasteiger partial charge in [-0.3, -0.25) is 9.59 Å². The number of Topliss-reactive ketones (excluding diaryl/α,β-unsaturated/α-hetero) is 1. The summed E-state index contributed by atoms with van der Waals surface area (Å²) in [7, 11) is 0. The van der Waals surface area contributed by atoms with Crippen LogP contribution in [-0.2, 0) is 19.1 Å². The molecule has 0 radical (unpaired) electrons. The van der Waals surface area contributed by atoms with Crippen molar-refractivity contribution in [3.05, 3.63) is 0 Å². The van der Waals surface area contributed by atoms with Gasteiger partial charge in [-0.05, 0) is 56.3 Å². The summed E-state index contributed by atoms with van der Waals surface area (Å²) in [5.41, 5.74) is 0.0500. The third kappa shape index (κ3) is 1.92. The lowest BCUT2D eigenvalue weighted by molar-refractivity contribution is -0.157. The molecule has 1 saturated heterocycles. The predicted molar refractivity (Wildman–Crippen MR) is 91.8 cm³/mol. The lowest BCUT2D eigenvalue weighted by Crippen LogP contribution is -2.58. The third-order valence-electron chi connectivity index (χ3n) is 9.08. The maximum Gasteiger partial charge on any atom is 0.302 e. The average molecular weight is 346 g/mol. The zero-order valence-corrected chi connectivity index (χ0v) is 15.7. The molecule has 1 aliphatic heterocycles. The van der Waals surface area contributed by atoms with Crippen molar-refractivity contribution in [2.45, 2.75) is 89.9 Å². The molecule has 5 rings (SSSR count). The second-order valence-electron chi connectivity index (χ2n) is 9.92. The summed E-state index contributed by atoms with van der Waals surface area (Å²) < 4.78 is 12.0. The van der Waals surface area contributed by atoms with Gasteiger partial charge >= 0.3 is 5.97 Å². The van der Waals surface area contributed by atoms with Crippen LogP contribution >= 0.6 is 0 Å². The topological polar surface area (TPSA) is 55.9 Å². The van der Waals surface area contributed by atoms with Gasteiger partial charge in [0.25, 0.3) is 0 Å². The monoisotopic (exact) mass is 346 g/mol.